The number of benzene rings is 2. The fourth-order valence-electron chi connectivity index (χ4n) is 3.10. The molecule has 1 aromatic heterocycles. The van der Waals surface area contributed by atoms with Gasteiger partial charge in [-0.05, 0) is 24.3 Å². The van der Waals surface area contributed by atoms with Crippen LogP contribution in [0.4, 0.5) is 10.5 Å². The summed E-state index contributed by atoms with van der Waals surface area (Å²) in [6.07, 6.45) is 0. The maximum Gasteiger partial charge on any atom is 0.321 e. The van der Waals surface area contributed by atoms with Crippen LogP contribution in [0.15, 0.2) is 59.1 Å². The van der Waals surface area contributed by atoms with Gasteiger partial charge in [-0.2, -0.15) is 4.98 Å². The molecule has 1 aliphatic rings. The minimum absolute atomic E-state index is 0.0790. The topological polar surface area (TPSA) is 74.5 Å². The molecular formula is C20H20ClN5O2. The van der Waals surface area contributed by atoms with Crippen LogP contribution in [0.25, 0.3) is 11.4 Å². The average Bonchev–Trinajstić information content (AvgIpc) is 3.18. The SMILES string of the molecule is O=C(Nc1ccccc1)N1CCN(Cc2nc(-c3ccccc3Cl)no2)CC1. The molecule has 1 aliphatic heterocycles. The summed E-state index contributed by atoms with van der Waals surface area (Å²) >= 11 is 6.19. The average molecular weight is 398 g/mol. The van der Waals surface area contributed by atoms with E-state index in [4.69, 9.17) is 16.1 Å². The summed E-state index contributed by atoms with van der Waals surface area (Å²) in [5.74, 6) is 1.03. The molecule has 0 aliphatic carbocycles. The van der Waals surface area contributed by atoms with Crippen LogP contribution >= 0.6 is 11.6 Å². The van der Waals surface area contributed by atoms with E-state index < -0.39 is 0 Å². The van der Waals surface area contributed by atoms with Gasteiger partial charge in [0.15, 0.2) is 0 Å². The van der Waals surface area contributed by atoms with Gasteiger partial charge in [0.2, 0.25) is 11.7 Å². The van der Waals surface area contributed by atoms with E-state index >= 15 is 0 Å². The number of carbonyl (C=O) groups excluding carboxylic acids is 1. The fourth-order valence-corrected chi connectivity index (χ4v) is 3.32. The van der Waals surface area contributed by atoms with Crippen LogP contribution in [0.2, 0.25) is 5.02 Å². The van der Waals surface area contributed by atoms with Crippen molar-refractivity contribution in [2.75, 3.05) is 31.5 Å². The van der Waals surface area contributed by atoms with E-state index in [1.54, 1.807) is 6.07 Å². The molecule has 0 saturated carbocycles. The Balaban J connectivity index is 1.30. The number of nitrogens with zero attached hydrogens (tertiary/aromatic N) is 4. The zero-order chi connectivity index (χ0) is 19.3. The van der Waals surface area contributed by atoms with Gasteiger partial charge in [-0.3, -0.25) is 4.90 Å². The number of halogens is 1. The first kappa shape index (κ1) is 18.5. The van der Waals surface area contributed by atoms with Gasteiger partial charge in [-0.1, -0.05) is 47.1 Å². The van der Waals surface area contributed by atoms with Crippen molar-refractivity contribution in [3.05, 3.63) is 65.5 Å². The molecule has 28 heavy (non-hydrogen) atoms. The van der Waals surface area contributed by atoms with Gasteiger partial charge in [-0.15, -0.1) is 0 Å². The van der Waals surface area contributed by atoms with Gasteiger partial charge in [0, 0.05) is 37.4 Å². The molecule has 0 unspecified atom stereocenters. The molecule has 1 fully saturated rings. The molecule has 144 valence electrons. The number of piperazine rings is 1. The Morgan fingerprint density at radius 3 is 2.50 bits per heavy atom. The van der Waals surface area contributed by atoms with Gasteiger partial charge < -0.3 is 14.7 Å². The van der Waals surface area contributed by atoms with Crippen LogP contribution < -0.4 is 5.32 Å². The number of aromatic nitrogens is 2. The van der Waals surface area contributed by atoms with Crippen molar-refractivity contribution in [1.82, 2.24) is 19.9 Å². The number of para-hydroxylation sites is 1. The lowest BCUT2D eigenvalue weighted by atomic mass is 10.2. The first-order valence-corrected chi connectivity index (χ1v) is 9.47. The van der Waals surface area contributed by atoms with Crippen molar-refractivity contribution in [3.63, 3.8) is 0 Å². The predicted molar refractivity (Wildman–Crippen MR) is 107 cm³/mol. The Morgan fingerprint density at radius 2 is 1.75 bits per heavy atom. The largest absolute Gasteiger partial charge is 0.338 e. The minimum Gasteiger partial charge on any atom is -0.338 e. The molecule has 2 heterocycles. The third kappa shape index (κ3) is 4.32. The zero-order valence-electron chi connectivity index (χ0n) is 15.2. The molecule has 4 rings (SSSR count). The summed E-state index contributed by atoms with van der Waals surface area (Å²) in [6, 6.07) is 16.8. The van der Waals surface area contributed by atoms with Crippen LogP contribution in [0.1, 0.15) is 5.89 Å². The van der Waals surface area contributed by atoms with E-state index in [9.17, 15) is 4.79 Å². The minimum atomic E-state index is -0.0790. The maximum atomic E-state index is 12.4. The second kappa shape index (κ2) is 8.41. The van der Waals surface area contributed by atoms with Crippen LogP contribution in [-0.2, 0) is 6.54 Å². The second-order valence-electron chi connectivity index (χ2n) is 6.55. The summed E-state index contributed by atoms with van der Waals surface area (Å²) in [5.41, 5.74) is 1.55. The second-order valence-corrected chi connectivity index (χ2v) is 6.96. The lowest BCUT2D eigenvalue weighted by molar-refractivity contribution is 0.133. The first-order valence-electron chi connectivity index (χ1n) is 9.10. The maximum absolute atomic E-state index is 12.4. The molecule has 0 bridgehead atoms. The predicted octanol–water partition coefficient (Wildman–Crippen LogP) is 3.74. The van der Waals surface area contributed by atoms with E-state index in [2.05, 4.69) is 20.4 Å². The molecule has 2 aromatic carbocycles. The highest BCUT2D eigenvalue weighted by Gasteiger charge is 2.23. The van der Waals surface area contributed by atoms with Crippen LogP contribution in [0.5, 0.6) is 0 Å². The number of carbonyl (C=O) groups is 1. The Kier molecular flexibility index (Phi) is 5.55. The molecule has 0 atom stereocenters. The molecule has 7 nitrogen and oxygen atoms in total. The molecule has 1 saturated heterocycles. The van der Waals surface area contributed by atoms with Crippen molar-refractivity contribution in [3.8, 4) is 11.4 Å². The number of amides is 2. The van der Waals surface area contributed by atoms with Crippen molar-refractivity contribution in [2.24, 2.45) is 0 Å². The zero-order valence-corrected chi connectivity index (χ0v) is 16.0. The van der Waals surface area contributed by atoms with E-state index in [0.717, 1.165) is 24.3 Å². The quantitative estimate of drug-likeness (QED) is 0.725. The Labute approximate surface area is 167 Å². The Hall–Kier alpha value is -2.90. The standard InChI is InChI=1S/C20H20ClN5O2/c21-17-9-5-4-8-16(17)19-23-18(28-24-19)14-25-10-12-26(13-11-25)20(27)22-15-6-2-1-3-7-15/h1-9H,10-14H2,(H,22,27). The number of rotatable bonds is 4. The van der Waals surface area contributed by atoms with Crippen molar-refractivity contribution >= 4 is 23.3 Å². The van der Waals surface area contributed by atoms with Gasteiger partial charge in [-0.25, -0.2) is 4.79 Å². The lowest BCUT2D eigenvalue weighted by Crippen LogP contribution is -2.49. The third-order valence-electron chi connectivity index (χ3n) is 4.63. The molecule has 1 N–H and O–H groups in total. The van der Waals surface area contributed by atoms with Crippen molar-refractivity contribution in [1.29, 1.82) is 0 Å². The summed E-state index contributed by atoms with van der Waals surface area (Å²) in [7, 11) is 0. The smallest absolute Gasteiger partial charge is 0.321 e. The summed E-state index contributed by atoms with van der Waals surface area (Å²) in [6.45, 7) is 3.32. The van der Waals surface area contributed by atoms with Crippen LogP contribution in [-0.4, -0.2) is 52.2 Å². The Morgan fingerprint density at radius 1 is 1.04 bits per heavy atom. The van der Waals surface area contributed by atoms with Gasteiger partial charge in [0.25, 0.3) is 0 Å². The first-order chi connectivity index (χ1) is 13.7. The highest BCUT2D eigenvalue weighted by Crippen LogP contribution is 2.25. The molecule has 0 spiro atoms. The van der Waals surface area contributed by atoms with Crippen molar-refractivity contribution < 1.29 is 9.32 Å². The third-order valence-corrected chi connectivity index (χ3v) is 4.96. The lowest BCUT2D eigenvalue weighted by Gasteiger charge is -2.33. The Bertz CT molecular complexity index is 939. The van der Waals surface area contributed by atoms with Crippen molar-refractivity contribution in [2.45, 2.75) is 6.54 Å². The summed E-state index contributed by atoms with van der Waals surface area (Å²) < 4.78 is 5.38. The highest BCUT2D eigenvalue weighted by atomic mass is 35.5. The van der Waals surface area contributed by atoms with E-state index in [-0.39, 0.29) is 6.03 Å². The number of nitrogens with one attached hydrogen (secondary N) is 1. The number of hydrogen-bond acceptors (Lipinski definition) is 5. The molecule has 2 amide bonds. The fraction of sp³-hybridized carbons (Fsp3) is 0.250. The molecular weight excluding hydrogens is 378 g/mol. The summed E-state index contributed by atoms with van der Waals surface area (Å²) in [4.78, 5) is 20.8. The monoisotopic (exact) mass is 397 g/mol. The van der Waals surface area contributed by atoms with Gasteiger partial charge >= 0.3 is 6.03 Å². The van der Waals surface area contributed by atoms with E-state index in [1.165, 1.54) is 0 Å². The molecule has 8 heteroatoms. The molecule has 0 radical (unpaired) electrons. The van der Waals surface area contributed by atoms with Crippen LogP contribution in [0, 0.1) is 0 Å². The van der Waals surface area contributed by atoms with E-state index in [1.807, 2.05) is 53.4 Å². The van der Waals surface area contributed by atoms with E-state index in [0.29, 0.717) is 36.4 Å². The van der Waals surface area contributed by atoms with Crippen LogP contribution in [0.3, 0.4) is 0 Å². The number of anilines is 1. The normalized spacial score (nSPS) is 14.8. The number of urea groups is 1. The highest BCUT2D eigenvalue weighted by molar-refractivity contribution is 6.33. The number of hydrogen-bond donors (Lipinski definition) is 1. The van der Waals surface area contributed by atoms with Gasteiger partial charge in [0.05, 0.1) is 11.6 Å². The summed E-state index contributed by atoms with van der Waals surface area (Å²) in [5, 5.41) is 7.54. The molecule has 3 aromatic rings. The van der Waals surface area contributed by atoms with Gasteiger partial charge in [0.1, 0.15) is 0 Å².